The van der Waals surface area contributed by atoms with Crippen LogP contribution in [0.3, 0.4) is 0 Å². The molecule has 0 saturated heterocycles. The SMILES string of the molecule is Cc1oc(-c2cccc(Cl)c2)c(C(=O)Nc2ccccc2)c(=O)c1C. The van der Waals surface area contributed by atoms with E-state index in [2.05, 4.69) is 5.32 Å². The predicted molar refractivity (Wildman–Crippen MR) is 99.3 cm³/mol. The van der Waals surface area contributed by atoms with Gasteiger partial charge in [-0.2, -0.15) is 0 Å². The number of hydrogen-bond acceptors (Lipinski definition) is 3. The summed E-state index contributed by atoms with van der Waals surface area (Å²) in [5.74, 6) is 0.165. The number of para-hydroxylation sites is 1. The third-order valence-corrected chi connectivity index (χ3v) is 4.16. The van der Waals surface area contributed by atoms with E-state index < -0.39 is 5.91 Å². The highest BCUT2D eigenvalue weighted by Crippen LogP contribution is 2.27. The van der Waals surface area contributed by atoms with Gasteiger partial charge in [-0.1, -0.05) is 41.9 Å². The van der Waals surface area contributed by atoms with Crippen LogP contribution in [0.15, 0.2) is 63.8 Å². The lowest BCUT2D eigenvalue weighted by Gasteiger charge is -2.12. The number of amides is 1. The summed E-state index contributed by atoms with van der Waals surface area (Å²) in [6, 6.07) is 15.8. The maximum Gasteiger partial charge on any atom is 0.263 e. The zero-order chi connectivity index (χ0) is 18.0. The number of nitrogens with one attached hydrogen (secondary N) is 1. The Labute approximate surface area is 150 Å². The van der Waals surface area contributed by atoms with Gasteiger partial charge in [0.2, 0.25) is 5.43 Å². The van der Waals surface area contributed by atoms with Crippen LogP contribution in [0.1, 0.15) is 21.7 Å². The van der Waals surface area contributed by atoms with Crippen LogP contribution in [-0.2, 0) is 0 Å². The minimum Gasteiger partial charge on any atom is -0.460 e. The molecule has 0 aliphatic heterocycles. The molecule has 0 atom stereocenters. The average molecular weight is 354 g/mol. The molecule has 0 unspecified atom stereocenters. The van der Waals surface area contributed by atoms with Gasteiger partial charge in [-0.05, 0) is 38.1 Å². The maximum atomic E-state index is 12.8. The first-order chi connectivity index (χ1) is 12.0. The molecule has 0 radical (unpaired) electrons. The van der Waals surface area contributed by atoms with Gasteiger partial charge < -0.3 is 9.73 Å². The fourth-order valence-corrected chi connectivity index (χ4v) is 2.68. The molecule has 4 nitrogen and oxygen atoms in total. The number of carbonyl (C=O) groups excluding carboxylic acids is 1. The van der Waals surface area contributed by atoms with Crippen LogP contribution in [0.4, 0.5) is 5.69 Å². The molecule has 25 heavy (non-hydrogen) atoms. The van der Waals surface area contributed by atoms with E-state index in [1.165, 1.54) is 0 Å². The third-order valence-electron chi connectivity index (χ3n) is 3.92. The van der Waals surface area contributed by atoms with Gasteiger partial charge in [0.1, 0.15) is 11.3 Å². The van der Waals surface area contributed by atoms with E-state index >= 15 is 0 Å². The van der Waals surface area contributed by atoms with Crippen molar-refractivity contribution >= 4 is 23.2 Å². The zero-order valence-electron chi connectivity index (χ0n) is 13.8. The Morgan fingerprint density at radius 2 is 1.76 bits per heavy atom. The molecule has 3 aromatic rings. The predicted octanol–water partition coefficient (Wildman–Crippen LogP) is 4.83. The number of rotatable bonds is 3. The van der Waals surface area contributed by atoms with Crippen LogP contribution >= 0.6 is 11.6 Å². The van der Waals surface area contributed by atoms with E-state index in [-0.39, 0.29) is 16.8 Å². The van der Waals surface area contributed by atoms with Crippen molar-refractivity contribution in [2.75, 3.05) is 5.32 Å². The van der Waals surface area contributed by atoms with Gasteiger partial charge in [-0.3, -0.25) is 9.59 Å². The molecule has 1 aromatic heterocycles. The summed E-state index contributed by atoms with van der Waals surface area (Å²) in [4.78, 5) is 25.5. The van der Waals surface area contributed by atoms with Crippen LogP contribution in [0.2, 0.25) is 5.02 Å². The standard InChI is InChI=1S/C20H16ClNO3/c1-12-13(2)25-19(14-7-6-8-15(21)11-14)17(18(12)23)20(24)22-16-9-4-3-5-10-16/h3-11H,1-2H3,(H,22,24). The summed E-state index contributed by atoms with van der Waals surface area (Å²) < 4.78 is 5.80. The number of halogens is 1. The second-order valence-corrected chi connectivity index (χ2v) is 6.08. The molecule has 0 bridgehead atoms. The molecule has 0 aliphatic rings. The Kier molecular flexibility index (Phi) is 4.72. The van der Waals surface area contributed by atoms with E-state index in [0.29, 0.717) is 27.6 Å². The maximum absolute atomic E-state index is 12.8. The summed E-state index contributed by atoms with van der Waals surface area (Å²) in [7, 11) is 0. The minimum absolute atomic E-state index is 0.0331. The third kappa shape index (κ3) is 3.49. The van der Waals surface area contributed by atoms with Crippen LogP contribution in [0.5, 0.6) is 0 Å². The van der Waals surface area contributed by atoms with Crippen molar-refractivity contribution in [2.24, 2.45) is 0 Å². The second-order valence-electron chi connectivity index (χ2n) is 5.65. The lowest BCUT2D eigenvalue weighted by Crippen LogP contribution is -2.24. The Balaban J connectivity index is 2.16. The average Bonchev–Trinajstić information content (AvgIpc) is 2.60. The molecule has 1 heterocycles. The quantitative estimate of drug-likeness (QED) is 0.733. The highest BCUT2D eigenvalue weighted by Gasteiger charge is 2.22. The highest BCUT2D eigenvalue weighted by atomic mass is 35.5. The van der Waals surface area contributed by atoms with Crippen LogP contribution < -0.4 is 10.7 Å². The molecule has 0 aliphatic carbocycles. The van der Waals surface area contributed by atoms with E-state index in [1.54, 1.807) is 62.4 Å². The van der Waals surface area contributed by atoms with Crippen molar-refractivity contribution in [3.8, 4) is 11.3 Å². The monoisotopic (exact) mass is 353 g/mol. The second kappa shape index (κ2) is 6.95. The molecule has 126 valence electrons. The number of benzene rings is 2. The van der Waals surface area contributed by atoms with E-state index in [0.717, 1.165) is 0 Å². The number of aryl methyl sites for hydroxylation is 1. The van der Waals surface area contributed by atoms with Gasteiger partial charge in [0.05, 0.1) is 0 Å². The van der Waals surface area contributed by atoms with E-state index in [9.17, 15) is 9.59 Å². The minimum atomic E-state index is -0.516. The Bertz CT molecular complexity index is 994. The zero-order valence-corrected chi connectivity index (χ0v) is 14.6. The Morgan fingerprint density at radius 3 is 2.44 bits per heavy atom. The van der Waals surface area contributed by atoms with Gasteiger partial charge >= 0.3 is 0 Å². The van der Waals surface area contributed by atoms with Gasteiger partial charge in [0.25, 0.3) is 5.91 Å². The van der Waals surface area contributed by atoms with Crippen LogP contribution in [-0.4, -0.2) is 5.91 Å². The van der Waals surface area contributed by atoms with Gasteiger partial charge in [0, 0.05) is 21.8 Å². The first-order valence-corrected chi connectivity index (χ1v) is 8.12. The number of anilines is 1. The summed E-state index contributed by atoms with van der Waals surface area (Å²) in [5, 5.41) is 3.23. The largest absolute Gasteiger partial charge is 0.460 e. The van der Waals surface area contributed by atoms with Crippen LogP contribution in [0, 0.1) is 13.8 Å². The fourth-order valence-electron chi connectivity index (χ4n) is 2.49. The topological polar surface area (TPSA) is 59.3 Å². The first kappa shape index (κ1) is 17.0. The lowest BCUT2D eigenvalue weighted by atomic mass is 10.0. The summed E-state index contributed by atoms with van der Waals surface area (Å²) in [5.41, 5.74) is 1.19. The van der Waals surface area contributed by atoms with Crippen molar-refractivity contribution in [1.29, 1.82) is 0 Å². The highest BCUT2D eigenvalue weighted by molar-refractivity contribution is 6.30. The van der Waals surface area contributed by atoms with Crippen molar-refractivity contribution in [3.63, 3.8) is 0 Å². The molecule has 0 spiro atoms. The summed E-state index contributed by atoms with van der Waals surface area (Å²) in [6.07, 6.45) is 0. The van der Waals surface area contributed by atoms with Gasteiger partial charge in [-0.25, -0.2) is 0 Å². The molecule has 5 heteroatoms. The number of carbonyl (C=O) groups is 1. The van der Waals surface area contributed by atoms with Crippen molar-refractivity contribution in [3.05, 3.63) is 86.7 Å². The molecule has 3 rings (SSSR count). The summed E-state index contributed by atoms with van der Waals surface area (Å²) >= 11 is 6.05. The molecule has 0 saturated carbocycles. The van der Waals surface area contributed by atoms with E-state index in [1.807, 2.05) is 6.07 Å². The molecule has 2 aromatic carbocycles. The normalized spacial score (nSPS) is 10.5. The summed E-state index contributed by atoms with van der Waals surface area (Å²) in [6.45, 7) is 3.34. The smallest absolute Gasteiger partial charge is 0.263 e. The fraction of sp³-hybridized carbons (Fsp3) is 0.100. The van der Waals surface area contributed by atoms with Crippen LogP contribution in [0.25, 0.3) is 11.3 Å². The van der Waals surface area contributed by atoms with Gasteiger partial charge in [-0.15, -0.1) is 0 Å². The Morgan fingerprint density at radius 1 is 1.04 bits per heavy atom. The molecular weight excluding hydrogens is 338 g/mol. The molecule has 1 N–H and O–H groups in total. The van der Waals surface area contributed by atoms with E-state index in [4.69, 9.17) is 16.0 Å². The van der Waals surface area contributed by atoms with Gasteiger partial charge in [0.15, 0.2) is 5.76 Å². The Hall–Kier alpha value is -2.85. The first-order valence-electron chi connectivity index (χ1n) is 7.74. The molecule has 0 fully saturated rings. The molecular formula is C20H16ClNO3. The van der Waals surface area contributed by atoms with Crippen molar-refractivity contribution in [1.82, 2.24) is 0 Å². The lowest BCUT2D eigenvalue weighted by molar-refractivity contribution is 0.102. The molecule has 1 amide bonds. The number of hydrogen-bond donors (Lipinski definition) is 1. The van der Waals surface area contributed by atoms with Crippen molar-refractivity contribution in [2.45, 2.75) is 13.8 Å². The van der Waals surface area contributed by atoms with Crippen molar-refractivity contribution < 1.29 is 9.21 Å².